The molecule has 0 radical (unpaired) electrons. The predicted molar refractivity (Wildman–Crippen MR) is 83.6 cm³/mol. The largest absolute Gasteiger partial charge is 0.445 e. The molecule has 0 saturated carbocycles. The second-order valence-corrected chi connectivity index (χ2v) is 6.14. The summed E-state index contributed by atoms with van der Waals surface area (Å²) in [6.07, 6.45) is 3.95. The zero-order valence-corrected chi connectivity index (χ0v) is 13.4. The van der Waals surface area contributed by atoms with Crippen molar-refractivity contribution in [2.45, 2.75) is 25.5 Å². The molecule has 6 heteroatoms. The number of ether oxygens (including phenoxy) is 1. The second kappa shape index (κ2) is 5.53. The molecule has 0 saturated heterocycles. The first-order chi connectivity index (χ1) is 10.9. The Bertz CT molecular complexity index is 768. The summed E-state index contributed by atoms with van der Waals surface area (Å²) < 4.78 is 7.16. The smallest absolute Gasteiger partial charge is 0.339 e. The molecular weight excluding hydrogens is 294 g/mol. The highest BCUT2D eigenvalue weighted by atomic mass is 16.6. The first-order valence-electron chi connectivity index (χ1n) is 7.43. The Kier molecular flexibility index (Phi) is 3.67. The average molecular weight is 313 g/mol. The van der Waals surface area contributed by atoms with Crippen LogP contribution < -0.4 is 0 Å². The topological polar surface area (TPSA) is 64.4 Å². The number of fused-ring (bicyclic) bond motifs is 1. The van der Waals surface area contributed by atoms with E-state index in [1.165, 1.54) is 0 Å². The Hall–Kier alpha value is -2.63. The van der Waals surface area contributed by atoms with Gasteiger partial charge < -0.3 is 9.64 Å². The highest BCUT2D eigenvalue weighted by Crippen LogP contribution is 2.29. The molecule has 1 atom stereocenters. The van der Waals surface area contributed by atoms with Crippen LogP contribution >= 0.6 is 0 Å². The van der Waals surface area contributed by atoms with Gasteiger partial charge in [0, 0.05) is 38.8 Å². The van der Waals surface area contributed by atoms with Gasteiger partial charge in [0.1, 0.15) is 0 Å². The van der Waals surface area contributed by atoms with Gasteiger partial charge in [-0.25, -0.2) is 4.79 Å². The van der Waals surface area contributed by atoms with Crippen molar-refractivity contribution in [3.63, 3.8) is 0 Å². The Morgan fingerprint density at radius 3 is 2.87 bits per heavy atom. The van der Waals surface area contributed by atoms with E-state index in [0.717, 1.165) is 11.1 Å². The maximum absolute atomic E-state index is 12.8. The quantitative estimate of drug-likeness (QED) is 0.807. The molecule has 1 aliphatic rings. The van der Waals surface area contributed by atoms with Crippen molar-refractivity contribution >= 4 is 11.9 Å². The molecule has 6 nitrogen and oxygen atoms in total. The second-order valence-electron chi connectivity index (χ2n) is 6.14. The van der Waals surface area contributed by atoms with E-state index < -0.39 is 11.6 Å². The minimum absolute atomic E-state index is 0.218. The molecule has 1 amide bonds. The standard InChI is InChI=1S/C17H19N3O3/c1-17(8-13-6-4-5-7-14(13)15(21)23-17)16(22)19(2)10-12-9-18-20(3)11-12/h4-7,9,11H,8,10H2,1-3H3/t17-/m0/s1. The average Bonchev–Trinajstić information content (AvgIpc) is 2.91. The van der Waals surface area contributed by atoms with Crippen LogP contribution in [0.3, 0.4) is 0 Å². The Morgan fingerprint density at radius 2 is 2.17 bits per heavy atom. The summed E-state index contributed by atoms with van der Waals surface area (Å²) in [6, 6.07) is 7.24. The lowest BCUT2D eigenvalue weighted by atomic mass is 9.89. The summed E-state index contributed by atoms with van der Waals surface area (Å²) in [4.78, 5) is 26.6. The normalized spacial score (nSPS) is 19.9. The molecule has 120 valence electrons. The molecule has 2 aromatic rings. The summed E-state index contributed by atoms with van der Waals surface area (Å²) >= 11 is 0. The molecule has 0 bridgehead atoms. The van der Waals surface area contributed by atoms with Crippen LogP contribution in [0.25, 0.3) is 0 Å². The van der Waals surface area contributed by atoms with E-state index in [1.807, 2.05) is 25.4 Å². The molecule has 0 aliphatic carbocycles. The van der Waals surface area contributed by atoms with E-state index in [0.29, 0.717) is 18.5 Å². The van der Waals surface area contributed by atoms with Gasteiger partial charge in [0.05, 0.1) is 11.8 Å². The van der Waals surface area contributed by atoms with Crippen molar-refractivity contribution in [3.05, 3.63) is 53.3 Å². The van der Waals surface area contributed by atoms with Crippen LogP contribution in [0.15, 0.2) is 36.7 Å². The molecular formula is C17H19N3O3. The monoisotopic (exact) mass is 313 g/mol. The van der Waals surface area contributed by atoms with Gasteiger partial charge in [0.15, 0.2) is 5.60 Å². The number of esters is 1. The van der Waals surface area contributed by atoms with Gasteiger partial charge in [-0.1, -0.05) is 18.2 Å². The van der Waals surface area contributed by atoms with E-state index in [-0.39, 0.29) is 5.91 Å². The Labute approximate surface area is 134 Å². The number of aryl methyl sites for hydroxylation is 1. The number of hydrogen-bond acceptors (Lipinski definition) is 4. The zero-order chi connectivity index (χ0) is 16.6. The number of carbonyl (C=O) groups excluding carboxylic acids is 2. The van der Waals surface area contributed by atoms with Crippen molar-refractivity contribution in [3.8, 4) is 0 Å². The minimum atomic E-state index is -1.18. The maximum atomic E-state index is 12.8. The van der Waals surface area contributed by atoms with Crippen molar-refractivity contribution < 1.29 is 14.3 Å². The fraction of sp³-hybridized carbons (Fsp3) is 0.353. The summed E-state index contributed by atoms with van der Waals surface area (Å²) in [5.74, 6) is -0.665. The fourth-order valence-electron chi connectivity index (χ4n) is 2.95. The van der Waals surface area contributed by atoms with Crippen LogP contribution in [-0.4, -0.2) is 39.2 Å². The van der Waals surface area contributed by atoms with Crippen molar-refractivity contribution in [1.82, 2.24) is 14.7 Å². The molecule has 1 aromatic heterocycles. The van der Waals surface area contributed by atoms with E-state index >= 15 is 0 Å². The molecule has 23 heavy (non-hydrogen) atoms. The Balaban J connectivity index is 1.80. The number of likely N-dealkylation sites (N-methyl/N-ethyl adjacent to an activating group) is 1. The first-order valence-corrected chi connectivity index (χ1v) is 7.43. The first kappa shape index (κ1) is 15.3. The molecule has 0 spiro atoms. The number of carbonyl (C=O) groups is 2. The van der Waals surface area contributed by atoms with E-state index in [2.05, 4.69) is 5.10 Å². The molecule has 0 fully saturated rings. The number of aromatic nitrogens is 2. The zero-order valence-electron chi connectivity index (χ0n) is 13.4. The minimum Gasteiger partial charge on any atom is -0.445 e. The summed E-state index contributed by atoms with van der Waals surface area (Å²) in [5.41, 5.74) is 1.12. The lowest BCUT2D eigenvalue weighted by Gasteiger charge is -2.35. The molecule has 2 heterocycles. The maximum Gasteiger partial charge on any atom is 0.339 e. The predicted octanol–water partition coefficient (Wildman–Crippen LogP) is 1.55. The Morgan fingerprint density at radius 1 is 1.43 bits per heavy atom. The SMILES string of the molecule is CN(Cc1cnn(C)c1)C(=O)[C@]1(C)Cc2ccccc2C(=O)O1. The number of benzene rings is 1. The van der Waals surface area contributed by atoms with E-state index in [4.69, 9.17) is 4.74 Å². The van der Waals surface area contributed by atoms with Crippen molar-refractivity contribution in [2.24, 2.45) is 7.05 Å². The van der Waals surface area contributed by atoms with Gasteiger partial charge >= 0.3 is 5.97 Å². The number of cyclic esters (lactones) is 1. The van der Waals surface area contributed by atoms with Gasteiger partial charge in [-0.2, -0.15) is 5.10 Å². The fourth-order valence-corrected chi connectivity index (χ4v) is 2.95. The van der Waals surface area contributed by atoms with Crippen LogP contribution in [0.5, 0.6) is 0 Å². The highest BCUT2D eigenvalue weighted by molar-refractivity contribution is 5.97. The van der Waals surface area contributed by atoms with Gasteiger partial charge in [-0.05, 0) is 18.6 Å². The van der Waals surface area contributed by atoms with E-state index in [9.17, 15) is 9.59 Å². The van der Waals surface area contributed by atoms with Crippen LogP contribution in [0.2, 0.25) is 0 Å². The summed E-state index contributed by atoms with van der Waals surface area (Å²) in [6.45, 7) is 2.09. The lowest BCUT2D eigenvalue weighted by Crippen LogP contribution is -2.51. The van der Waals surface area contributed by atoms with E-state index in [1.54, 1.807) is 41.9 Å². The van der Waals surface area contributed by atoms with Crippen LogP contribution in [0.4, 0.5) is 0 Å². The molecule has 3 rings (SSSR count). The molecule has 1 aliphatic heterocycles. The third kappa shape index (κ3) is 2.84. The van der Waals surface area contributed by atoms with Crippen LogP contribution in [0, 0.1) is 0 Å². The van der Waals surface area contributed by atoms with Gasteiger partial charge in [0.2, 0.25) is 0 Å². The van der Waals surface area contributed by atoms with Crippen molar-refractivity contribution in [2.75, 3.05) is 7.05 Å². The number of nitrogens with zero attached hydrogens (tertiary/aromatic N) is 3. The van der Waals surface area contributed by atoms with Crippen LogP contribution in [-0.2, 0) is 29.5 Å². The van der Waals surface area contributed by atoms with Crippen molar-refractivity contribution in [1.29, 1.82) is 0 Å². The summed E-state index contributed by atoms with van der Waals surface area (Å²) in [5, 5.41) is 4.09. The number of rotatable bonds is 3. The van der Waals surface area contributed by atoms with Gasteiger partial charge in [-0.15, -0.1) is 0 Å². The third-order valence-corrected chi connectivity index (χ3v) is 4.06. The highest BCUT2D eigenvalue weighted by Gasteiger charge is 2.44. The third-order valence-electron chi connectivity index (χ3n) is 4.06. The van der Waals surface area contributed by atoms with Gasteiger partial charge in [-0.3, -0.25) is 9.48 Å². The number of hydrogen-bond donors (Lipinski definition) is 0. The van der Waals surface area contributed by atoms with Crippen LogP contribution in [0.1, 0.15) is 28.4 Å². The van der Waals surface area contributed by atoms with Gasteiger partial charge in [0.25, 0.3) is 5.91 Å². The molecule has 1 aromatic carbocycles. The number of amides is 1. The molecule has 0 unspecified atom stereocenters. The molecule has 0 N–H and O–H groups in total. The summed E-state index contributed by atoms with van der Waals surface area (Å²) in [7, 11) is 3.53. The lowest BCUT2D eigenvalue weighted by molar-refractivity contribution is -0.150.